The number of hydrogen-bond donors (Lipinski definition) is 5. The fourth-order valence-electron chi connectivity index (χ4n) is 2.46. The molecule has 0 saturated heterocycles. The highest BCUT2D eigenvalue weighted by Gasteiger charge is 2.18. The number of thiocarbonyl (C=S) groups is 1. The molecule has 0 unspecified atom stereocenters. The number of quaternary nitrogens is 2. The molecule has 6 N–H and O–H groups in total. The molecule has 0 aliphatic carbocycles. The highest BCUT2D eigenvalue weighted by atomic mass is 32.1. The molecule has 0 heterocycles. The van der Waals surface area contributed by atoms with E-state index in [-0.39, 0.29) is 12.3 Å². The molecular formula is C19H30N5O3S+. The lowest BCUT2D eigenvalue weighted by Crippen LogP contribution is -3.06. The van der Waals surface area contributed by atoms with Gasteiger partial charge in [-0.2, -0.15) is 0 Å². The SMILES string of the molecule is C=CCNC(=S)Nc1cccc(NC(=O)C[C@@H]([NH2+]CCC[NH+](C)C)C(=O)[O-])c1. The molecule has 1 aromatic carbocycles. The van der Waals surface area contributed by atoms with Crippen molar-refractivity contribution < 1.29 is 24.9 Å². The second-order valence-electron chi connectivity index (χ2n) is 6.72. The van der Waals surface area contributed by atoms with Gasteiger partial charge in [-0.25, -0.2) is 0 Å². The summed E-state index contributed by atoms with van der Waals surface area (Å²) in [5.74, 6) is -1.62. The van der Waals surface area contributed by atoms with Gasteiger partial charge in [-0.3, -0.25) is 4.79 Å². The van der Waals surface area contributed by atoms with Gasteiger partial charge in [-0.1, -0.05) is 12.1 Å². The summed E-state index contributed by atoms with van der Waals surface area (Å²) in [7, 11) is 4.07. The number of nitrogens with one attached hydrogen (secondary N) is 4. The first-order chi connectivity index (χ1) is 13.3. The number of hydrogen-bond acceptors (Lipinski definition) is 4. The number of nitrogens with two attached hydrogens (primary N) is 1. The fraction of sp³-hybridized carbons (Fsp3) is 0.421. The maximum atomic E-state index is 12.2. The minimum Gasteiger partial charge on any atom is -0.544 e. The predicted molar refractivity (Wildman–Crippen MR) is 112 cm³/mol. The van der Waals surface area contributed by atoms with Crippen LogP contribution in [0.2, 0.25) is 0 Å². The van der Waals surface area contributed by atoms with Crippen LogP contribution in [0.3, 0.4) is 0 Å². The van der Waals surface area contributed by atoms with Crippen molar-refractivity contribution in [2.24, 2.45) is 0 Å². The van der Waals surface area contributed by atoms with Crippen molar-refractivity contribution in [1.82, 2.24) is 5.32 Å². The van der Waals surface area contributed by atoms with Gasteiger partial charge >= 0.3 is 0 Å². The Morgan fingerprint density at radius 2 is 2.00 bits per heavy atom. The minimum absolute atomic E-state index is 0.159. The highest BCUT2D eigenvalue weighted by Crippen LogP contribution is 2.15. The van der Waals surface area contributed by atoms with Gasteiger partial charge in [0.25, 0.3) is 0 Å². The molecule has 1 amide bonds. The maximum Gasteiger partial charge on any atom is 0.230 e. The van der Waals surface area contributed by atoms with Crippen LogP contribution in [0.5, 0.6) is 0 Å². The normalized spacial score (nSPS) is 11.5. The van der Waals surface area contributed by atoms with Crippen LogP contribution in [-0.2, 0) is 9.59 Å². The van der Waals surface area contributed by atoms with E-state index in [0.29, 0.717) is 29.6 Å². The topological polar surface area (TPSA) is 114 Å². The molecule has 0 spiro atoms. The molecule has 0 radical (unpaired) electrons. The van der Waals surface area contributed by atoms with Gasteiger partial charge in [0.05, 0.1) is 39.6 Å². The van der Waals surface area contributed by atoms with Crippen molar-refractivity contribution in [3.05, 3.63) is 36.9 Å². The van der Waals surface area contributed by atoms with Crippen molar-refractivity contribution >= 4 is 40.6 Å². The summed E-state index contributed by atoms with van der Waals surface area (Å²) in [6.07, 6.45) is 2.40. The number of aliphatic carboxylic acids is 1. The van der Waals surface area contributed by atoms with Crippen LogP contribution in [0, 0.1) is 0 Å². The predicted octanol–water partition coefficient (Wildman–Crippen LogP) is -2.30. The highest BCUT2D eigenvalue weighted by molar-refractivity contribution is 7.80. The molecule has 0 aromatic heterocycles. The molecule has 0 bridgehead atoms. The van der Waals surface area contributed by atoms with E-state index in [2.05, 4.69) is 22.5 Å². The Hall–Kier alpha value is -2.49. The maximum absolute atomic E-state index is 12.2. The van der Waals surface area contributed by atoms with Gasteiger partial charge in [0.15, 0.2) is 5.11 Å². The van der Waals surface area contributed by atoms with Crippen LogP contribution in [0.25, 0.3) is 0 Å². The number of amides is 1. The Morgan fingerprint density at radius 3 is 2.61 bits per heavy atom. The van der Waals surface area contributed by atoms with Gasteiger partial charge in [-0.05, 0) is 30.4 Å². The van der Waals surface area contributed by atoms with E-state index < -0.39 is 12.0 Å². The summed E-state index contributed by atoms with van der Waals surface area (Å²) in [4.78, 5) is 24.9. The Kier molecular flexibility index (Phi) is 10.8. The third-order valence-corrected chi connectivity index (χ3v) is 4.10. The van der Waals surface area contributed by atoms with Crippen LogP contribution in [0.4, 0.5) is 11.4 Å². The number of carboxylic acids is 1. The lowest BCUT2D eigenvalue weighted by atomic mass is 10.2. The van der Waals surface area contributed by atoms with Crippen LogP contribution in [-0.4, -0.2) is 56.8 Å². The number of carbonyl (C=O) groups is 2. The van der Waals surface area contributed by atoms with Crippen LogP contribution in [0.1, 0.15) is 12.8 Å². The number of carbonyl (C=O) groups excluding carboxylic acids is 2. The van der Waals surface area contributed by atoms with Gasteiger partial charge in [0, 0.05) is 24.3 Å². The molecule has 8 nitrogen and oxygen atoms in total. The van der Waals surface area contributed by atoms with Gasteiger partial charge < -0.3 is 36.1 Å². The number of carboxylic acid groups (broad SMARTS) is 1. The summed E-state index contributed by atoms with van der Waals surface area (Å²) >= 11 is 5.15. The first kappa shape index (κ1) is 23.5. The second kappa shape index (κ2) is 12.8. The average molecular weight is 409 g/mol. The summed E-state index contributed by atoms with van der Waals surface area (Å²) < 4.78 is 0. The Labute approximate surface area is 171 Å². The van der Waals surface area contributed by atoms with Crippen molar-refractivity contribution in [3.8, 4) is 0 Å². The smallest absolute Gasteiger partial charge is 0.230 e. The molecule has 9 heteroatoms. The fourth-order valence-corrected chi connectivity index (χ4v) is 2.67. The summed E-state index contributed by atoms with van der Waals surface area (Å²) in [5, 5.41) is 22.1. The van der Waals surface area contributed by atoms with Crippen molar-refractivity contribution in [1.29, 1.82) is 0 Å². The number of rotatable bonds is 12. The second-order valence-corrected chi connectivity index (χ2v) is 7.13. The quantitative estimate of drug-likeness (QED) is 0.151. The van der Waals surface area contributed by atoms with E-state index >= 15 is 0 Å². The van der Waals surface area contributed by atoms with Crippen molar-refractivity contribution in [2.75, 3.05) is 44.4 Å². The number of anilines is 2. The van der Waals surface area contributed by atoms with Gasteiger partial charge in [0.1, 0.15) is 6.04 Å². The van der Waals surface area contributed by atoms with Gasteiger partial charge in [0.2, 0.25) is 5.91 Å². The zero-order valence-corrected chi connectivity index (χ0v) is 17.2. The van der Waals surface area contributed by atoms with E-state index in [0.717, 1.165) is 13.0 Å². The third kappa shape index (κ3) is 10.0. The van der Waals surface area contributed by atoms with Crippen LogP contribution < -0.4 is 31.3 Å². The number of benzene rings is 1. The summed E-state index contributed by atoms with van der Waals surface area (Å²) in [6.45, 7) is 5.71. The molecule has 0 fully saturated rings. The summed E-state index contributed by atoms with van der Waals surface area (Å²) in [6, 6.07) is 6.11. The molecule has 0 aliphatic rings. The molecule has 28 heavy (non-hydrogen) atoms. The monoisotopic (exact) mass is 408 g/mol. The van der Waals surface area contributed by atoms with E-state index in [4.69, 9.17) is 12.2 Å². The minimum atomic E-state index is -1.23. The third-order valence-electron chi connectivity index (χ3n) is 3.85. The lowest BCUT2D eigenvalue weighted by Gasteiger charge is -2.17. The van der Waals surface area contributed by atoms with E-state index in [1.807, 2.05) is 20.2 Å². The molecule has 0 saturated carbocycles. The Bertz CT molecular complexity index is 681. The average Bonchev–Trinajstić information content (AvgIpc) is 2.62. The Balaban J connectivity index is 2.55. The van der Waals surface area contributed by atoms with Crippen LogP contribution in [0.15, 0.2) is 36.9 Å². The van der Waals surface area contributed by atoms with E-state index in [1.165, 1.54) is 4.90 Å². The zero-order valence-electron chi connectivity index (χ0n) is 16.4. The summed E-state index contributed by atoms with van der Waals surface area (Å²) in [5.41, 5.74) is 1.25. The molecule has 1 rings (SSSR count). The van der Waals surface area contributed by atoms with E-state index in [1.54, 1.807) is 29.6 Å². The standard InChI is InChI=1S/C19H29N5O3S/c1-4-9-21-19(28)23-15-8-5-7-14(12-15)22-17(25)13-16(18(26)27)20-10-6-11-24(2)3/h4-5,7-8,12,16,20H,1,6,9-11,13H2,2-3H3,(H,22,25)(H,26,27)(H2,21,23,28)/p+1/t16-/m1/s1. The molecule has 1 aromatic rings. The largest absolute Gasteiger partial charge is 0.544 e. The first-order valence-corrected chi connectivity index (χ1v) is 9.61. The van der Waals surface area contributed by atoms with Gasteiger partial charge in [-0.15, -0.1) is 6.58 Å². The molecule has 0 aliphatic heterocycles. The lowest BCUT2D eigenvalue weighted by molar-refractivity contribution is -0.860. The molecule has 154 valence electrons. The van der Waals surface area contributed by atoms with Crippen molar-refractivity contribution in [3.63, 3.8) is 0 Å². The zero-order chi connectivity index (χ0) is 20.9. The van der Waals surface area contributed by atoms with Crippen LogP contribution >= 0.6 is 12.2 Å². The van der Waals surface area contributed by atoms with E-state index in [9.17, 15) is 14.7 Å². The first-order valence-electron chi connectivity index (χ1n) is 9.20. The molecular weight excluding hydrogens is 378 g/mol. The van der Waals surface area contributed by atoms with Crippen molar-refractivity contribution in [2.45, 2.75) is 18.9 Å². The Morgan fingerprint density at radius 1 is 1.32 bits per heavy atom. The molecule has 1 atom stereocenters.